The molecule has 5 atom stereocenters. The molecule has 0 unspecified atom stereocenters. The molecule has 2 amide bonds. The molecular formula is C22H25ClFN6O3+. The number of hydrogen-bond donors (Lipinski definition) is 4. The number of rotatable bonds is 9. The number of nitrogens with zero attached hydrogens (tertiary/aromatic N) is 2. The van der Waals surface area contributed by atoms with E-state index in [9.17, 15) is 18.9 Å². The first kappa shape index (κ1) is 23.0. The summed E-state index contributed by atoms with van der Waals surface area (Å²) in [4.78, 5) is 42.7. The highest BCUT2D eigenvalue weighted by Crippen LogP contribution is 2.54. The molecule has 2 aliphatic carbocycles. The molecule has 2 saturated carbocycles. The maximum Gasteiger partial charge on any atom is 0.255 e. The Labute approximate surface area is 194 Å². The maximum atomic E-state index is 14.2. The Hall–Kier alpha value is -3.14. The van der Waals surface area contributed by atoms with Gasteiger partial charge in [-0.2, -0.15) is 4.98 Å². The van der Waals surface area contributed by atoms with E-state index < -0.39 is 17.6 Å². The molecule has 174 valence electrons. The summed E-state index contributed by atoms with van der Waals surface area (Å²) >= 11 is 5.80. The molecule has 1 aromatic carbocycles. The van der Waals surface area contributed by atoms with Crippen LogP contribution in [0.25, 0.3) is 0 Å². The van der Waals surface area contributed by atoms with Crippen molar-refractivity contribution in [3.05, 3.63) is 46.5 Å². The van der Waals surface area contributed by atoms with Gasteiger partial charge >= 0.3 is 0 Å². The zero-order chi connectivity index (χ0) is 23.5. The van der Waals surface area contributed by atoms with Crippen molar-refractivity contribution in [1.29, 1.82) is 0 Å². The van der Waals surface area contributed by atoms with Crippen LogP contribution in [0.5, 0.6) is 0 Å². The minimum absolute atomic E-state index is 0.0354. The van der Waals surface area contributed by atoms with E-state index >= 15 is 0 Å². The van der Waals surface area contributed by atoms with E-state index in [4.69, 9.17) is 17.3 Å². The molecule has 9 nitrogen and oxygen atoms in total. The maximum absolute atomic E-state index is 14.2. The number of carbonyl (C=O) groups excluding carboxylic acids is 2. The van der Waals surface area contributed by atoms with Gasteiger partial charge in [-0.1, -0.05) is 6.07 Å². The molecule has 2 bridgehead atoms. The predicted molar refractivity (Wildman–Crippen MR) is 120 cm³/mol. The number of aromatic nitrogens is 2. The van der Waals surface area contributed by atoms with Crippen LogP contribution in [0.1, 0.15) is 32.1 Å². The minimum Gasteiger partial charge on any atom is -0.369 e. The van der Waals surface area contributed by atoms with Crippen molar-refractivity contribution >= 4 is 40.6 Å². The first-order valence-electron chi connectivity index (χ1n) is 10.9. The average molecular weight is 476 g/mol. The second kappa shape index (κ2) is 9.78. The molecule has 2 aliphatic rings. The van der Waals surface area contributed by atoms with Crippen LogP contribution in [0, 0.1) is 34.4 Å². The van der Waals surface area contributed by atoms with Gasteiger partial charge in [-0.25, -0.2) is 9.37 Å². The lowest BCUT2D eigenvalue weighted by Gasteiger charge is -2.35. The first-order valence-corrected chi connectivity index (χ1v) is 11.3. The van der Waals surface area contributed by atoms with E-state index in [1.807, 2.05) is 0 Å². The highest BCUT2D eigenvalue weighted by Gasteiger charge is 2.54. The van der Waals surface area contributed by atoms with Gasteiger partial charge in [-0.15, -0.1) is 0 Å². The van der Waals surface area contributed by atoms with Gasteiger partial charge in [0.2, 0.25) is 17.1 Å². The summed E-state index contributed by atoms with van der Waals surface area (Å²) < 4.78 is 14.2. The van der Waals surface area contributed by atoms with Gasteiger partial charge in [0.1, 0.15) is 0 Å². The lowest BCUT2D eigenvalue weighted by molar-refractivity contribution is -0.379. The molecule has 0 spiro atoms. The van der Waals surface area contributed by atoms with Crippen LogP contribution in [-0.2, 0) is 9.59 Å². The topological polar surface area (TPSA) is 141 Å². The molecule has 0 aliphatic heterocycles. The van der Waals surface area contributed by atoms with Crippen molar-refractivity contribution in [1.82, 2.24) is 9.97 Å². The number of benzene rings is 1. The number of fused-ring (bicyclic) bond motifs is 2. The Morgan fingerprint density at radius 2 is 2.12 bits per heavy atom. The summed E-state index contributed by atoms with van der Waals surface area (Å²) in [5, 5.41) is 7.57. The van der Waals surface area contributed by atoms with E-state index in [2.05, 4.69) is 20.6 Å². The van der Waals surface area contributed by atoms with Crippen LogP contribution in [0.4, 0.5) is 21.6 Å². The highest BCUT2D eigenvalue weighted by atomic mass is 35.5. The van der Waals surface area contributed by atoms with E-state index in [1.54, 1.807) is 29.4 Å². The molecule has 11 heteroatoms. The van der Waals surface area contributed by atoms with Gasteiger partial charge in [-0.05, 0) is 61.1 Å². The number of nitroso groups, excluding NO2 is 1. The molecule has 1 aromatic heterocycles. The third-order valence-corrected chi connectivity index (χ3v) is 6.91. The Morgan fingerprint density at radius 3 is 2.88 bits per heavy atom. The fourth-order valence-electron chi connectivity index (χ4n) is 5.45. The molecular weight excluding hydrogens is 451 g/mol. The number of nitrogens with two attached hydrogens (primary N) is 1. The van der Waals surface area contributed by atoms with Gasteiger partial charge in [0.05, 0.1) is 12.1 Å². The fourth-order valence-corrected chi connectivity index (χ4v) is 5.58. The lowest BCUT2D eigenvalue weighted by atomic mass is 9.76. The van der Waals surface area contributed by atoms with Gasteiger partial charge in [0.25, 0.3) is 5.69 Å². The smallest absolute Gasteiger partial charge is 0.255 e. The van der Waals surface area contributed by atoms with Crippen LogP contribution >= 0.6 is 11.6 Å². The number of primary amides is 1. The van der Waals surface area contributed by atoms with Crippen molar-refractivity contribution in [3.8, 4) is 0 Å². The molecule has 0 saturated heterocycles. The highest BCUT2D eigenvalue weighted by molar-refractivity contribution is 6.28. The van der Waals surface area contributed by atoms with Gasteiger partial charge in [0, 0.05) is 40.4 Å². The van der Waals surface area contributed by atoms with E-state index in [-0.39, 0.29) is 40.8 Å². The van der Waals surface area contributed by atoms with E-state index in [0.29, 0.717) is 24.2 Å². The van der Waals surface area contributed by atoms with Crippen LogP contribution in [-0.4, -0.2) is 27.8 Å². The third kappa shape index (κ3) is 5.11. The van der Waals surface area contributed by atoms with Crippen molar-refractivity contribution in [2.45, 2.75) is 38.1 Å². The summed E-state index contributed by atoms with van der Waals surface area (Å²) in [5.41, 5.74) is 6.60. The zero-order valence-electron chi connectivity index (χ0n) is 17.8. The van der Waals surface area contributed by atoms with E-state index in [0.717, 1.165) is 25.5 Å². The van der Waals surface area contributed by atoms with Gasteiger partial charge in [-0.3, -0.25) is 9.59 Å². The molecule has 1 heterocycles. The Balaban J connectivity index is 1.35. The van der Waals surface area contributed by atoms with Crippen LogP contribution in [0.2, 0.25) is 5.28 Å². The number of hydrogen-bond acceptors (Lipinski definition) is 6. The number of halogens is 2. The third-order valence-electron chi connectivity index (χ3n) is 6.73. The molecule has 0 radical (unpaired) electrons. The molecule has 33 heavy (non-hydrogen) atoms. The quantitative estimate of drug-likeness (QED) is 0.409. The number of anilines is 2. The second-order valence-corrected chi connectivity index (χ2v) is 9.05. The Kier molecular flexibility index (Phi) is 6.83. The first-order chi connectivity index (χ1) is 15.9. The summed E-state index contributed by atoms with van der Waals surface area (Å²) in [6, 6.07) is 6.24. The summed E-state index contributed by atoms with van der Waals surface area (Å²) in [7, 11) is 0. The van der Waals surface area contributed by atoms with Crippen molar-refractivity contribution < 1.29 is 19.2 Å². The number of carbonyl (C=O) groups is 2. The summed E-state index contributed by atoms with van der Waals surface area (Å²) in [5.74, 6) is -1.12. The Bertz CT molecular complexity index is 1070. The fraction of sp³-hybridized carbons (Fsp3) is 0.455. The van der Waals surface area contributed by atoms with Crippen LogP contribution < -0.4 is 21.5 Å². The minimum atomic E-state index is -0.644. The monoisotopic (exact) mass is 475 g/mol. The van der Waals surface area contributed by atoms with Crippen LogP contribution in [0.15, 0.2) is 30.5 Å². The molecule has 2 fully saturated rings. The zero-order valence-corrected chi connectivity index (χ0v) is 18.5. The SMILES string of the molecule is NC(=O)[C@H]1[C@H]2C[C@@H](CCCC(=O)Nc3cccc([NH+]=O)c3)[C@@H](C2)[C@H]1Nc1nc(Cl)ncc1F. The number of amides is 2. The van der Waals surface area contributed by atoms with Gasteiger partial charge in [0.15, 0.2) is 11.6 Å². The normalized spacial score (nSPS) is 25.6. The van der Waals surface area contributed by atoms with Crippen molar-refractivity contribution in [2.75, 3.05) is 10.6 Å². The molecule has 4 rings (SSSR count). The largest absolute Gasteiger partial charge is 0.369 e. The number of nitrogens with one attached hydrogen (secondary N) is 3. The average Bonchev–Trinajstić information content (AvgIpc) is 3.34. The van der Waals surface area contributed by atoms with Crippen LogP contribution in [0.3, 0.4) is 0 Å². The predicted octanol–water partition coefficient (Wildman–Crippen LogP) is 2.09. The summed E-state index contributed by atoms with van der Waals surface area (Å²) in [6.07, 6.45) is 4.45. The van der Waals surface area contributed by atoms with E-state index in [1.165, 1.54) is 0 Å². The lowest BCUT2D eigenvalue weighted by Crippen LogP contribution is -2.55. The second-order valence-electron chi connectivity index (χ2n) is 8.71. The summed E-state index contributed by atoms with van der Waals surface area (Å²) in [6.45, 7) is 0. The van der Waals surface area contributed by atoms with Gasteiger partial charge < -0.3 is 16.4 Å². The van der Waals surface area contributed by atoms with Crippen molar-refractivity contribution in [2.24, 2.45) is 29.4 Å². The molecule has 2 aromatic rings. The van der Waals surface area contributed by atoms with Crippen molar-refractivity contribution in [3.63, 3.8) is 0 Å². The Morgan fingerprint density at radius 1 is 1.30 bits per heavy atom. The molecule has 5 N–H and O–H groups in total. The standard InChI is InChI=1S/C22H24ClFN6O3/c23-22-26-10-16(24)21(29-22)28-19-15-8-12(18(19)20(25)32)7-11(15)3-1-6-17(31)27-13-4-2-5-14(9-13)30-33/h2,4-5,9-12,15,18-19H,1,3,6-8H2,(H2,25,32)(H,27,31)(H,26,28,29)/p+1/t11-,12+,15-,18+,19-/m1/s1.